The fourth-order valence-electron chi connectivity index (χ4n) is 2.89. The molecule has 2 aliphatic rings. The van der Waals surface area contributed by atoms with E-state index in [1.54, 1.807) is 0 Å². The van der Waals surface area contributed by atoms with Gasteiger partial charge in [0.05, 0.1) is 0 Å². The summed E-state index contributed by atoms with van der Waals surface area (Å²) in [6.07, 6.45) is 8.46. The van der Waals surface area contributed by atoms with Crippen LogP contribution in [0.2, 0.25) is 0 Å². The molecule has 0 saturated heterocycles. The van der Waals surface area contributed by atoms with E-state index in [1.807, 2.05) is 0 Å². The zero-order valence-corrected chi connectivity index (χ0v) is 10.3. The van der Waals surface area contributed by atoms with E-state index in [2.05, 4.69) is 24.2 Å². The van der Waals surface area contributed by atoms with Crippen LogP contribution in [0.25, 0.3) is 0 Å². The van der Waals surface area contributed by atoms with Crippen LogP contribution in [-0.2, 0) is 0 Å². The topological polar surface area (TPSA) is 15.3 Å². The highest BCUT2D eigenvalue weighted by molar-refractivity contribution is 4.88. The van der Waals surface area contributed by atoms with Crippen molar-refractivity contribution in [2.24, 2.45) is 5.92 Å². The third-order valence-corrected chi connectivity index (χ3v) is 4.03. The lowest BCUT2D eigenvalue weighted by atomic mass is 10.1. The van der Waals surface area contributed by atoms with Gasteiger partial charge in [0.15, 0.2) is 0 Å². The molecule has 2 rings (SSSR count). The quantitative estimate of drug-likeness (QED) is 0.723. The minimum Gasteiger partial charge on any atom is -0.317 e. The fourth-order valence-corrected chi connectivity index (χ4v) is 2.89. The SMILES string of the molecule is CCCN(CC1CC1)C1CCC(NC)C1. The average Bonchev–Trinajstić information content (AvgIpc) is 2.94. The van der Waals surface area contributed by atoms with Crippen molar-refractivity contribution in [1.29, 1.82) is 0 Å². The predicted octanol–water partition coefficient (Wildman–Crippen LogP) is 2.25. The summed E-state index contributed by atoms with van der Waals surface area (Å²) >= 11 is 0. The molecule has 2 atom stereocenters. The molecule has 88 valence electrons. The van der Waals surface area contributed by atoms with E-state index < -0.39 is 0 Å². The van der Waals surface area contributed by atoms with Crippen molar-refractivity contribution in [2.45, 2.75) is 57.5 Å². The Hall–Kier alpha value is -0.0800. The van der Waals surface area contributed by atoms with Gasteiger partial charge in [-0.25, -0.2) is 0 Å². The molecular formula is C13H26N2. The average molecular weight is 210 g/mol. The highest BCUT2D eigenvalue weighted by atomic mass is 15.2. The Morgan fingerprint density at radius 3 is 2.53 bits per heavy atom. The minimum atomic E-state index is 0.786. The maximum atomic E-state index is 3.43. The second kappa shape index (κ2) is 5.31. The van der Waals surface area contributed by atoms with Gasteiger partial charge in [-0.3, -0.25) is 0 Å². The summed E-state index contributed by atoms with van der Waals surface area (Å²) in [6, 6.07) is 1.66. The lowest BCUT2D eigenvalue weighted by molar-refractivity contribution is 0.188. The zero-order chi connectivity index (χ0) is 10.7. The highest BCUT2D eigenvalue weighted by Gasteiger charge is 2.31. The molecule has 2 aliphatic carbocycles. The molecule has 2 fully saturated rings. The smallest absolute Gasteiger partial charge is 0.0111 e. The maximum Gasteiger partial charge on any atom is 0.0111 e. The van der Waals surface area contributed by atoms with Gasteiger partial charge in [-0.15, -0.1) is 0 Å². The molecule has 2 nitrogen and oxygen atoms in total. The summed E-state index contributed by atoms with van der Waals surface area (Å²) in [5.74, 6) is 1.05. The van der Waals surface area contributed by atoms with Crippen LogP contribution in [0.1, 0.15) is 45.4 Å². The van der Waals surface area contributed by atoms with Gasteiger partial charge in [-0.1, -0.05) is 6.92 Å². The molecule has 2 unspecified atom stereocenters. The molecule has 0 aliphatic heterocycles. The molecule has 0 aromatic rings. The molecule has 0 aromatic heterocycles. The number of hydrogen-bond donors (Lipinski definition) is 1. The van der Waals surface area contributed by atoms with E-state index in [0.717, 1.165) is 18.0 Å². The van der Waals surface area contributed by atoms with Crippen LogP contribution >= 0.6 is 0 Å². The number of rotatable bonds is 6. The number of nitrogens with one attached hydrogen (secondary N) is 1. The maximum absolute atomic E-state index is 3.43. The van der Waals surface area contributed by atoms with E-state index in [1.165, 1.54) is 51.6 Å². The molecule has 0 bridgehead atoms. The molecule has 0 amide bonds. The summed E-state index contributed by atoms with van der Waals surface area (Å²) in [7, 11) is 2.11. The van der Waals surface area contributed by atoms with Crippen molar-refractivity contribution in [3.63, 3.8) is 0 Å². The van der Waals surface area contributed by atoms with E-state index in [9.17, 15) is 0 Å². The molecule has 15 heavy (non-hydrogen) atoms. The molecule has 0 spiro atoms. The Bertz CT molecular complexity index is 189. The molecule has 2 heteroatoms. The van der Waals surface area contributed by atoms with Crippen molar-refractivity contribution in [3.8, 4) is 0 Å². The van der Waals surface area contributed by atoms with Crippen LogP contribution in [0.3, 0.4) is 0 Å². The number of hydrogen-bond acceptors (Lipinski definition) is 2. The largest absolute Gasteiger partial charge is 0.317 e. The first-order chi connectivity index (χ1) is 7.33. The van der Waals surface area contributed by atoms with Gasteiger partial charge in [0, 0.05) is 18.6 Å². The van der Waals surface area contributed by atoms with Crippen LogP contribution in [0, 0.1) is 5.92 Å². The lowest BCUT2D eigenvalue weighted by Crippen LogP contribution is -2.37. The van der Waals surface area contributed by atoms with E-state index in [-0.39, 0.29) is 0 Å². The van der Waals surface area contributed by atoms with Gasteiger partial charge in [0.1, 0.15) is 0 Å². The summed E-state index contributed by atoms with van der Waals surface area (Å²) in [4.78, 5) is 2.77. The highest BCUT2D eigenvalue weighted by Crippen LogP contribution is 2.33. The Morgan fingerprint density at radius 1 is 1.20 bits per heavy atom. The first-order valence-electron chi connectivity index (χ1n) is 6.74. The molecule has 0 radical (unpaired) electrons. The van der Waals surface area contributed by atoms with Crippen LogP contribution < -0.4 is 5.32 Å². The van der Waals surface area contributed by atoms with Crippen LogP contribution in [0.15, 0.2) is 0 Å². The van der Waals surface area contributed by atoms with Crippen LogP contribution in [0.5, 0.6) is 0 Å². The monoisotopic (exact) mass is 210 g/mol. The van der Waals surface area contributed by atoms with Crippen molar-refractivity contribution in [1.82, 2.24) is 10.2 Å². The second-order valence-electron chi connectivity index (χ2n) is 5.39. The van der Waals surface area contributed by atoms with Crippen LogP contribution in [0.4, 0.5) is 0 Å². The second-order valence-corrected chi connectivity index (χ2v) is 5.39. The summed E-state index contributed by atoms with van der Waals surface area (Å²) < 4.78 is 0. The molecule has 2 saturated carbocycles. The summed E-state index contributed by atoms with van der Waals surface area (Å²) in [5, 5.41) is 3.43. The number of nitrogens with zero attached hydrogens (tertiary/aromatic N) is 1. The third kappa shape index (κ3) is 3.18. The Balaban J connectivity index is 1.80. The zero-order valence-electron chi connectivity index (χ0n) is 10.3. The van der Waals surface area contributed by atoms with Gasteiger partial charge in [0.25, 0.3) is 0 Å². The van der Waals surface area contributed by atoms with E-state index in [4.69, 9.17) is 0 Å². The summed E-state index contributed by atoms with van der Waals surface area (Å²) in [6.45, 7) is 5.01. The van der Waals surface area contributed by atoms with Crippen LogP contribution in [-0.4, -0.2) is 37.1 Å². The first kappa shape index (κ1) is 11.4. The predicted molar refractivity (Wildman–Crippen MR) is 65.1 cm³/mol. The molecular weight excluding hydrogens is 184 g/mol. The van der Waals surface area contributed by atoms with E-state index >= 15 is 0 Å². The van der Waals surface area contributed by atoms with Crippen molar-refractivity contribution in [3.05, 3.63) is 0 Å². The Labute approximate surface area is 94.4 Å². The van der Waals surface area contributed by atoms with Crippen molar-refractivity contribution >= 4 is 0 Å². The van der Waals surface area contributed by atoms with Gasteiger partial charge < -0.3 is 10.2 Å². The third-order valence-electron chi connectivity index (χ3n) is 4.03. The molecule has 0 heterocycles. The van der Waals surface area contributed by atoms with Crippen molar-refractivity contribution in [2.75, 3.05) is 20.1 Å². The standard InChI is InChI=1S/C13H26N2/c1-3-8-15(10-11-4-5-11)13-7-6-12(9-13)14-2/h11-14H,3-10H2,1-2H3. The fraction of sp³-hybridized carbons (Fsp3) is 1.00. The van der Waals surface area contributed by atoms with Gasteiger partial charge in [0.2, 0.25) is 0 Å². The van der Waals surface area contributed by atoms with Gasteiger partial charge in [-0.05, 0) is 58.0 Å². The Kier molecular flexibility index (Phi) is 4.04. The normalized spacial score (nSPS) is 31.4. The van der Waals surface area contributed by atoms with Gasteiger partial charge in [-0.2, -0.15) is 0 Å². The molecule has 0 aromatic carbocycles. The van der Waals surface area contributed by atoms with Gasteiger partial charge >= 0.3 is 0 Å². The lowest BCUT2D eigenvalue weighted by Gasteiger charge is -2.28. The van der Waals surface area contributed by atoms with Crippen molar-refractivity contribution < 1.29 is 0 Å². The molecule has 1 N–H and O–H groups in total. The Morgan fingerprint density at radius 2 is 2.00 bits per heavy atom. The minimum absolute atomic E-state index is 0.786. The first-order valence-corrected chi connectivity index (χ1v) is 6.74. The summed E-state index contributed by atoms with van der Waals surface area (Å²) in [5.41, 5.74) is 0. The van der Waals surface area contributed by atoms with E-state index in [0.29, 0.717) is 0 Å².